The van der Waals surface area contributed by atoms with Crippen LogP contribution in [0.3, 0.4) is 0 Å². The maximum absolute atomic E-state index is 9.28. The Morgan fingerprint density at radius 2 is 2.08 bits per heavy atom. The van der Waals surface area contributed by atoms with Gasteiger partial charge in [0.1, 0.15) is 12.2 Å². The summed E-state index contributed by atoms with van der Waals surface area (Å²) in [7, 11) is 1.25. The number of methoxy groups -OCH3 is 1. The predicted molar refractivity (Wildman–Crippen MR) is 35.9 cm³/mol. The average molecular weight is 180 g/mol. The van der Waals surface area contributed by atoms with Gasteiger partial charge in [-0.2, -0.15) is 0 Å². The van der Waals surface area contributed by atoms with Gasteiger partial charge in [-0.1, -0.05) is 0 Å². The molecular formula is C6H12O6. The number of hydrogen-bond donors (Lipinski definition) is 4. The Hall–Kier alpha value is -0.240. The van der Waals surface area contributed by atoms with Crippen LogP contribution < -0.4 is 0 Å². The van der Waals surface area contributed by atoms with Crippen molar-refractivity contribution in [1.82, 2.24) is 0 Å². The van der Waals surface area contributed by atoms with E-state index >= 15 is 0 Å². The topological polar surface area (TPSA) is 99.4 Å². The van der Waals surface area contributed by atoms with Gasteiger partial charge in [0.25, 0.3) is 0 Å². The molecule has 1 fully saturated rings. The fourth-order valence-corrected chi connectivity index (χ4v) is 1.07. The zero-order valence-corrected chi connectivity index (χ0v) is 6.54. The monoisotopic (exact) mass is 180 g/mol. The summed E-state index contributed by atoms with van der Waals surface area (Å²) in [4.78, 5) is 0. The minimum Gasteiger partial charge on any atom is -0.391 e. The molecule has 72 valence electrons. The van der Waals surface area contributed by atoms with Crippen LogP contribution in [0.25, 0.3) is 0 Å². The number of aliphatic hydroxyl groups excluding tert-OH is 3. The van der Waals surface area contributed by atoms with E-state index in [1.807, 2.05) is 0 Å². The van der Waals surface area contributed by atoms with Gasteiger partial charge in [-0.05, 0) is 0 Å². The highest BCUT2D eigenvalue weighted by Gasteiger charge is 2.53. The lowest BCUT2D eigenvalue weighted by molar-refractivity contribution is -0.277. The van der Waals surface area contributed by atoms with Crippen LogP contribution in [0.5, 0.6) is 0 Å². The van der Waals surface area contributed by atoms with Crippen LogP contribution in [0.2, 0.25) is 0 Å². The first-order valence-corrected chi connectivity index (χ1v) is 3.45. The van der Waals surface area contributed by atoms with Gasteiger partial charge >= 0.3 is 0 Å². The van der Waals surface area contributed by atoms with E-state index in [1.54, 1.807) is 0 Å². The highest BCUT2D eigenvalue weighted by molar-refractivity contribution is 4.91. The molecule has 1 saturated heterocycles. The van der Waals surface area contributed by atoms with E-state index in [-0.39, 0.29) is 0 Å². The fourth-order valence-electron chi connectivity index (χ4n) is 1.07. The van der Waals surface area contributed by atoms with Crippen molar-refractivity contribution in [2.24, 2.45) is 0 Å². The van der Waals surface area contributed by atoms with Crippen molar-refractivity contribution < 1.29 is 29.9 Å². The molecule has 0 aromatic carbocycles. The molecule has 4 N–H and O–H groups in total. The van der Waals surface area contributed by atoms with E-state index in [0.717, 1.165) is 0 Å². The molecule has 1 aliphatic heterocycles. The zero-order valence-electron chi connectivity index (χ0n) is 6.54. The predicted octanol–water partition coefficient (Wildman–Crippen LogP) is -2.61. The number of hydrogen-bond acceptors (Lipinski definition) is 6. The van der Waals surface area contributed by atoms with E-state index in [9.17, 15) is 5.11 Å². The highest BCUT2D eigenvalue weighted by atomic mass is 16.8. The standard InChI is InChI=1S/C6H12O6/c1-11-5-3(8)4(9)6(10,2-7)12-5/h3-5,7-10H,2H2,1H3/t3-,4-,5+,6-/m1/s1. The minimum atomic E-state index is -2.12. The third-order valence-corrected chi connectivity index (χ3v) is 1.84. The molecule has 4 atom stereocenters. The van der Waals surface area contributed by atoms with Gasteiger partial charge in [-0.25, -0.2) is 0 Å². The fraction of sp³-hybridized carbons (Fsp3) is 1.00. The van der Waals surface area contributed by atoms with Gasteiger partial charge in [0.15, 0.2) is 6.29 Å². The first kappa shape index (κ1) is 9.85. The van der Waals surface area contributed by atoms with Crippen molar-refractivity contribution in [3.05, 3.63) is 0 Å². The molecule has 0 aliphatic carbocycles. The Kier molecular flexibility index (Phi) is 2.67. The van der Waals surface area contributed by atoms with E-state index in [0.29, 0.717) is 0 Å². The van der Waals surface area contributed by atoms with Crippen molar-refractivity contribution in [2.75, 3.05) is 13.7 Å². The summed E-state index contributed by atoms with van der Waals surface area (Å²) in [6.45, 7) is -0.801. The van der Waals surface area contributed by atoms with Gasteiger partial charge in [0.2, 0.25) is 5.79 Å². The summed E-state index contributed by atoms with van der Waals surface area (Å²) in [6, 6.07) is 0. The Morgan fingerprint density at radius 1 is 1.50 bits per heavy atom. The SMILES string of the molecule is CO[C@H]1O[C@](O)(CO)[C@H](O)[C@H]1O. The summed E-state index contributed by atoms with van der Waals surface area (Å²) in [6.07, 6.45) is -4.03. The van der Waals surface area contributed by atoms with Crippen molar-refractivity contribution in [1.29, 1.82) is 0 Å². The van der Waals surface area contributed by atoms with Crippen LogP contribution in [0.4, 0.5) is 0 Å². The Labute approximate surface area is 69.0 Å². The van der Waals surface area contributed by atoms with Crippen molar-refractivity contribution in [3.63, 3.8) is 0 Å². The molecule has 6 nitrogen and oxygen atoms in total. The normalized spacial score (nSPS) is 48.2. The largest absolute Gasteiger partial charge is 0.391 e. The van der Waals surface area contributed by atoms with Crippen LogP contribution in [-0.2, 0) is 9.47 Å². The van der Waals surface area contributed by atoms with Gasteiger partial charge < -0.3 is 29.9 Å². The first-order chi connectivity index (χ1) is 5.55. The summed E-state index contributed by atoms with van der Waals surface area (Å²) in [5.41, 5.74) is 0. The molecule has 0 spiro atoms. The van der Waals surface area contributed by atoms with Gasteiger partial charge in [0, 0.05) is 7.11 Å². The van der Waals surface area contributed by atoms with E-state index in [4.69, 9.17) is 15.3 Å². The van der Waals surface area contributed by atoms with Gasteiger partial charge in [-0.3, -0.25) is 0 Å². The van der Waals surface area contributed by atoms with Gasteiger partial charge in [-0.15, -0.1) is 0 Å². The molecular weight excluding hydrogens is 168 g/mol. The van der Waals surface area contributed by atoms with Crippen LogP contribution >= 0.6 is 0 Å². The molecule has 1 aliphatic rings. The molecule has 0 amide bonds. The third kappa shape index (κ3) is 1.33. The Morgan fingerprint density at radius 3 is 2.33 bits per heavy atom. The van der Waals surface area contributed by atoms with Gasteiger partial charge in [0.05, 0.1) is 6.61 Å². The lowest BCUT2D eigenvalue weighted by Crippen LogP contribution is -2.46. The molecule has 12 heavy (non-hydrogen) atoms. The quantitative estimate of drug-likeness (QED) is 0.371. The second kappa shape index (κ2) is 3.25. The van der Waals surface area contributed by atoms with Crippen molar-refractivity contribution in [2.45, 2.75) is 24.3 Å². The average Bonchev–Trinajstić information content (AvgIpc) is 2.31. The first-order valence-electron chi connectivity index (χ1n) is 3.45. The van der Waals surface area contributed by atoms with Crippen LogP contribution in [0.1, 0.15) is 0 Å². The van der Waals surface area contributed by atoms with E-state index < -0.39 is 30.9 Å². The lowest BCUT2D eigenvalue weighted by atomic mass is 10.1. The van der Waals surface area contributed by atoms with Crippen LogP contribution in [-0.4, -0.2) is 58.4 Å². The molecule has 0 aromatic heterocycles. The molecule has 0 unspecified atom stereocenters. The Bertz CT molecular complexity index is 162. The Balaban J connectivity index is 2.72. The van der Waals surface area contributed by atoms with Crippen molar-refractivity contribution >= 4 is 0 Å². The maximum atomic E-state index is 9.28. The molecule has 0 radical (unpaired) electrons. The molecule has 0 aromatic rings. The zero-order chi connectivity index (χ0) is 9.35. The maximum Gasteiger partial charge on any atom is 0.221 e. The lowest BCUT2D eigenvalue weighted by Gasteiger charge is -2.22. The van der Waals surface area contributed by atoms with E-state index in [1.165, 1.54) is 7.11 Å². The van der Waals surface area contributed by atoms with Crippen molar-refractivity contribution in [3.8, 4) is 0 Å². The summed E-state index contributed by atoms with van der Waals surface area (Å²) in [5.74, 6) is -2.12. The molecule has 1 rings (SSSR count). The third-order valence-electron chi connectivity index (χ3n) is 1.84. The number of rotatable bonds is 2. The smallest absolute Gasteiger partial charge is 0.221 e. The number of aliphatic hydroxyl groups is 4. The summed E-state index contributed by atoms with van der Waals surface area (Å²) >= 11 is 0. The van der Waals surface area contributed by atoms with E-state index in [2.05, 4.69) is 9.47 Å². The second-order valence-electron chi connectivity index (χ2n) is 2.66. The molecule has 0 bridgehead atoms. The number of ether oxygens (including phenoxy) is 2. The summed E-state index contributed by atoms with van der Waals surface area (Å²) < 4.78 is 9.24. The minimum absolute atomic E-state index is 0.801. The second-order valence-corrected chi connectivity index (χ2v) is 2.66. The van der Waals surface area contributed by atoms with Crippen LogP contribution in [0.15, 0.2) is 0 Å². The highest BCUT2D eigenvalue weighted by Crippen LogP contribution is 2.28. The summed E-state index contributed by atoms with van der Waals surface area (Å²) in [5, 5.41) is 36.2. The molecule has 0 saturated carbocycles. The molecule has 1 heterocycles. The van der Waals surface area contributed by atoms with Crippen LogP contribution in [0, 0.1) is 0 Å². The molecule has 6 heteroatoms.